The zero-order valence-corrected chi connectivity index (χ0v) is 8.07. The van der Waals surface area contributed by atoms with Crippen LogP contribution in [0.5, 0.6) is 0 Å². The zero-order valence-electron chi connectivity index (χ0n) is 8.07. The van der Waals surface area contributed by atoms with Crippen molar-refractivity contribution >= 4 is 0 Å². The fraction of sp³-hybridized carbons (Fsp3) is 1.00. The molecule has 1 aliphatic rings. The van der Waals surface area contributed by atoms with Gasteiger partial charge in [0.25, 0.3) is 0 Å². The van der Waals surface area contributed by atoms with Gasteiger partial charge < -0.3 is 4.90 Å². The Morgan fingerprint density at radius 2 is 1.50 bits per heavy atom. The van der Waals surface area contributed by atoms with Gasteiger partial charge in [-0.1, -0.05) is 13.8 Å². The third-order valence-corrected chi connectivity index (χ3v) is 2.51. The van der Waals surface area contributed by atoms with E-state index in [9.17, 15) is 0 Å². The quantitative estimate of drug-likeness (QED) is 0.545. The van der Waals surface area contributed by atoms with Crippen LogP contribution in [0, 0.1) is 0 Å². The molecule has 1 nitrogen and oxygen atoms in total. The highest BCUT2D eigenvalue weighted by atomic mass is 15.1. The van der Waals surface area contributed by atoms with E-state index in [1.165, 1.54) is 19.3 Å². The first-order valence-corrected chi connectivity index (χ1v) is 4.33. The Bertz CT molecular complexity index is 82.7. The molecule has 0 spiro atoms. The highest BCUT2D eigenvalue weighted by molar-refractivity contribution is 4.90. The largest absolute Gasteiger partial charge is 0.304 e. The summed E-state index contributed by atoms with van der Waals surface area (Å²) >= 11 is 0. The van der Waals surface area contributed by atoms with Gasteiger partial charge in [-0.3, -0.25) is 0 Å². The summed E-state index contributed by atoms with van der Waals surface area (Å²) in [5.74, 6) is 0. The van der Waals surface area contributed by atoms with Gasteiger partial charge in [-0.05, 0) is 40.3 Å². The summed E-state index contributed by atoms with van der Waals surface area (Å²) in [6.45, 7) is 6.33. The van der Waals surface area contributed by atoms with Crippen molar-refractivity contribution in [2.24, 2.45) is 0 Å². The van der Waals surface area contributed by atoms with Crippen molar-refractivity contribution in [3.63, 3.8) is 0 Å². The maximum Gasteiger partial charge on any atom is 0.0175 e. The van der Waals surface area contributed by atoms with Crippen molar-refractivity contribution in [2.45, 2.75) is 45.6 Å². The topological polar surface area (TPSA) is 3.24 Å². The van der Waals surface area contributed by atoms with Crippen molar-refractivity contribution in [1.82, 2.24) is 4.90 Å². The van der Waals surface area contributed by atoms with Gasteiger partial charge in [-0.15, -0.1) is 0 Å². The van der Waals surface area contributed by atoms with Gasteiger partial charge >= 0.3 is 0 Å². The van der Waals surface area contributed by atoms with Gasteiger partial charge in [0.15, 0.2) is 0 Å². The van der Waals surface area contributed by atoms with Crippen LogP contribution in [0.3, 0.4) is 0 Å². The van der Waals surface area contributed by atoms with E-state index in [-0.39, 0.29) is 0 Å². The predicted octanol–water partition coefficient (Wildman–Crippen LogP) is 2.52. The van der Waals surface area contributed by atoms with Crippen LogP contribution >= 0.6 is 0 Å². The highest BCUT2D eigenvalue weighted by Gasteiger charge is 2.33. The molecule has 0 amide bonds. The minimum absolute atomic E-state index is 0.556. The average Bonchev–Trinajstić information content (AvgIpc) is 1.87. The molecule has 1 aliphatic carbocycles. The Hall–Kier alpha value is -0.0400. The van der Waals surface area contributed by atoms with E-state index in [1.54, 1.807) is 0 Å². The molecule has 0 heterocycles. The summed E-state index contributed by atoms with van der Waals surface area (Å²) in [5, 5.41) is 0. The first-order valence-electron chi connectivity index (χ1n) is 4.33. The second-order valence-corrected chi connectivity index (χ2v) is 3.24. The lowest BCUT2D eigenvalue weighted by molar-refractivity contribution is 0.0805. The van der Waals surface area contributed by atoms with Crippen LogP contribution in [-0.4, -0.2) is 24.5 Å². The molecular formula is C9H21N. The molecule has 0 aromatic heterocycles. The van der Waals surface area contributed by atoms with Gasteiger partial charge in [-0.2, -0.15) is 0 Å². The Morgan fingerprint density at radius 3 is 1.50 bits per heavy atom. The van der Waals surface area contributed by atoms with Crippen LogP contribution in [0.2, 0.25) is 0 Å². The van der Waals surface area contributed by atoms with Crippen LogP contribution in [0.25, 0.3) is 0 Å². The highest BCUT2D eigenvalue weighted by Crippen LogP contribution is 2.34. The maximum absolute atomic E-state index is 2.33. The van der Waals surface area contributed by atoms with Crippen LogP contribution in [0.15, 0.2) is 0 Å². The minimum Gasteiger partial charge on any atom is -0.304 e. The standard InChI is InChI=1S/C7H15N.C2H6/c1-7(8(2)3)5-4-6-7;1-2/h4-6H2,1-3H3;1-2H3. The summed E-state index contributed by atoms with van der Waals surface area (Å²) in [5.41, 5.74) is 0.556. The monoisotopic (exact) mass is 143 g/mol. The molecule has 0 unspecified atom stereocenters. The second-order valence-electron chi connectivity index (χ2n) is 3.24. The first kappa shape index (κ1) is 9.96. The van der Waals surface area contributed by atoms with Gasteiger partial charge in [0.05, 0.1) is 0 Å². The van der Waals surface area contributed by atoms with Crippen LogP contribution in [-0.2, 0) is 0 Å². The Balaban J connectivity index is 0.000000371. The van der Waals surface area contributed by atoms with Crippen molar-refractivity contribution in [1.29, 1.82) is 0 Å². The molecule has 0 N–H and O–H groups in total. The van der Waals surface area contributed by atoms with E-state index in [0.717, 1.165) is 0 Å². The molecule has 0 radical (unpaired) electrons. The SMILES string of the molecule is CC.CN(C)C1(C)CCC1. The van der Waals surface area contributed by atoms with E-state index in [2.05, 4.69) is 25.9 Å². The summed E-state index contributed by atoms with van der Waals surface area (Å²) in [4.78, 5) is 2.33. The molecule has 0 saturated heterocycles. The Morgan fingerprint density at radius 1 is 1.10 bits per heavy atom. The van der Waals surface area contributed by atoms with E-state index in [4.69, 9.17) is 0 Å². The summed E-state index contributed by atoms with van der Waals surface area (Å²) in [6, 6.07) is 0. The third-order valence-electron chi connectivity index (χ3n) is 2.51. The zero-order chi connectivity index (χ0) is 8.20. The van der Waals surface area contributed by atoms with E-state index in [0.29, 0.717) is 5.54 Å². The molecule has 1 heteroatoms. The summed E-state index contributed by atoms with van der Waals surface area (Å²) in [7, 11) is 4.33. The molecule has 0 aromatic rings. The third kappa shape index (κ3) is 1.98. The van der Waals surface area contributed by atoms with Crippen molar-refractivity contribution in [3.05, 3.63) is 0 Å². The molecule has 0 aromatic carbocycles. The van der Waals surface area contributed by atoms with Crippen LogP contribution in [0.1, 0.15) is 40.0 Å². The van der Waals surface area contributed by atoms with Crippen molar-refractivity contribution in [2.75, 3.05) is 14.1 Å². The van der Waals surface area contributed by atoms with E-state index < -0.39 is 0 Å². The van der Waals surface area contributed by atoms with Crippen LogP contribution in [0.4, 0.5) is 0 Å². The van der Waals surface area contributed by atoms with Gasteiger partial charge in [0.1, 0.15) is 0 Å². The summed E-state index contributed by atoms with van der Waals surface area (Å²) < 4.78 is 0. The number of hydrogen-bond donors (Lipinski definition) is 0. The molecule has 0 atom stereocenters. The first-order chi connectivity index (χ1) is 4.65. The smallest absolute Gasteiger partial charge is 0.0175 e. The molecule has 1 rings (SSSR count). The maximum atomic E-state index is 2.33. The molecule has 10 heavy (non-hydrogen) atoms. The molecule has 1 saturated carbocycles. The van der Waals surface area contributed by atoms with E-state index in [1.807, 2.05) is 13.8 Å². The van der Waals surface area contributed by atoms with Crippen molar-refractivity contribution in [3.8, 4) is 0 Å². The predicted molar refractivity (Wildman–Crippen MR) is 47.3 cm³/mol. The second kappa shape index (κ2) is 3.97. The summed E-state index contributed by atoms with van der Waals surface area (Å²) in [6.07, 6.45) is 4.20. The molecular weight excluding hydrogens is 122 g/mol. The Labute approximate surface area is 65.4 Å². The average molecular weight is 143 g/mol. The number of rotatable bonds is 1. The Kier molecular flexibility index (Phi) is 3.95. The molecule has 0 bridgehead atoms. The van der Waals surface area contributed by atoms with Crippen molar-refractivity contribution < 1.29 is 0 Å². The minimum atomic E-state index is 0.556. The number of nitrogens with zero attached hydrogens (tertiary/aromatic N) is 1. The normalized spacial score (nSPS) is 21.0. The lowest BCUT2D eigenvalue weighted by Gasteiger charge is -2.44. The van der Waals surface area contributed by atoms with Crippen LogP contribution < -0.4 is 0 Å². The van der Waals surface area contributed by atoms with Gasteiger partial charge in [0, 0.05) is 5.54 Å². The number of hydrogen-bond acceptors (Lipinski definition) is 1. The van der Waals surface area contributed by atoms with Gasteiger partial charge in [0.2, 0.25) is 0 Å². The molecule has 0 aliphatic heterocycles. The van der Waals surface area contributed by atoms with Gasteiger partial charge in [-0.25, -0.2) is 0 Å². The lowest BCUT2D eigenvalue weighted by Crippen LogP contribution is -2.46. The molecule has 62 valence electrons. The fourth-order valence-corrected chi connectivity index (χ4v) is 1.14. The molecule has 1 fully saturated rings. The fourth-order valence-electron chi connectivity index (χ4n) is 1.14. The lowest BCUT2D eigenvalue weighted by atomic mass is 9.78. The van der Waals surface area contributed by atoms with E-state index >= 15 is 0 Å².